The van der Waals surface area contributed by atoms with E-state index in [2.05, 4.69) is 15.2 Å². The van der Waals surface area contributed by atoms with Gasteiger partial charge in [0.25, 0.3) is 0 Å². The lowest BCUT2D eigenvalue weighted by atomic mass is 9.96. The van der Waals surface area contributed by atoms with Crippen molar-refractivity contribution < 1.29 is 12.9 Å². The van der Waals surface area contributed by atoms with Crippen LogP contribution in [0.2, 0.25) is 0 Å². The van der Waals surface area contributed by atoms with Crippen LogP contribution in [0.3, 0.4) is 0 Å². The highest BCUT2D eigenvalue weighted by Gasteiger charge is 2.34. The standard InChI is InChI=1S/C22H29N5O3S/c1-5-27-17(4)21(16(3)24-27)31(28,29)26-12-8-10-18(14-26)13-20-23-22(25-30-20)19-11-7-6-9-15(19)2/h6-7,9,11,18H,5,8,10,12-14H2,1-4H3/t18-/m0/s1. The summed E-state index contributed by atoms with van der Waals surface area (Å²) in [5.74, 6) is 1.26. The van der Waals surface area contributed by atoms with E-state index in [9.17, 15) is 8.42 Å². The van der Waals surface area contributed by atoms with Crippen molar-refractivity contribution >= 4 is 10.0 Å². The van der Waals surface area contributed by atoms with E-state index >= 15 is 0 Å². The fourth-order valence-electron chi connectivity index (χ4n) is 4.42. The highest BCUT2D eigenvalue weighted by molar-refractivity contribution is 7.89. The number of piperidine rings is 1. The number of nitrogens with zero attached hydrogens (tertiary/aromatic N) is 5. The summed E-state index contributed by atoms with van der Waals surface area (Å²) in [6.45, 7) is 9.17. The van der Waals surface area contributed by atoms with Gasteiger partial charge in [-0.25, -0.2) is 8.42 Å². The van der Waals surface area contributed by atoms with Crippen LogP contribution < -0.4 is 0 Å². The quantitative estimate of drug-likeness (QED) is 0.579. The Morgan fingerprint density at radius 2 is 1.97 bits per heavy atom. The van der Waals surface area contributed by atoms with Gasteiger partial charge in [-0.1, -0.05) is 29.4 Å². The number of rotatable bonds is 6. The number of benzene rings is 1. The molecule has 0 spiro atoms. The summed E-state index contributed by atoms with van der Waals surface area (Å²) in [5, 5.41) is 8.53. The first-order valence-electron chi connectivity index (χ1n) is 10.7. The highest BCUT2D eigenvalue weighted by atomic mass is 32.2. The number of aryl methyl sites for hydroxylation is 3. The first-order chi connectivity index (χ1) is 14.8. The van der Waals surface area contributed by atoms with Crippen LogP contribution in [-0.2, 0) is 23.0 Å². The summed E-state index contributed by atoms with van der Waals surface area (Å²) in [7, 11) is -3.60. The average molecular weight is 444 g/mol. The molecule has 1 aliphatic heterocycles. The average Bonchev–Trinajstić information content (AvgIpc) is 3.32. The van der Waals surface area contributed by atoms with Crippen LogP contribution in [0.4, 0.5) is 0 Å². The molecule has 166 valence electrons. The predicted octanol–water partition coefficient (Wildman–Crippen LogP) is 3.52. The Morgan fingerprint density at radius 1 is 1.19 bits per heavy atom. The minimum Gasteiger partial charge on any atom is -0.339 e. The van der Waals surface area contributed by atoms with E-state index in [1.807, 2.05) is 45.0 Å². The van der Waals surface area contributed by atoms with Crippen LogP contribution in [0.15, 0.2) is 33.7 Å². The zero-order valence-corrected chi connectivity index (χ0v) is 19.3. The zero-order valence-electron chi connectivity index (χ0n) is 18.5. The summed E-state index contributed by atoms with van der Waals surface area (Å²) in [5.41, 5.74) is 3.29. The summed E-state index contributed by atoms with van der Waals surface area (Å²) in [4.78, 5) is 4.91. The maximum absolute atomic E-state index is 13.4. The minimum atomic E-state index is -3.60. The molecule has 0 unspecified atom stereocenters. The second-order valence-electron chi connectivity index (χ2n) is 8.22. The van der Waals surface area contributed by atoms with E-state index < -0.39 is 10.0 Å². The maximum Gasteiger partial charge on any atom is 0.246 e. The molecule has 1 aromatic carbocycles. The largest absolute Gasteiger partial charge is 0.339 e. The van der Waals surface area contributed by atoms with Gasteiger partial charge >= 0.3 is 0 Å². The molecule has 0 bridgehead atoms. The molecule has 31 heavy (non-hydrogen) atoms. The fraction of sp³-hybridized carbons (Fsp3) is 0.500. The van der Waals surface area contributed by atoms with Gasteiger partial charge in [0, 0.05) is 31.6 Å². The van der Waals surface area contributed by atoms with E-state index in [1.165, 1.54) is 0 Å². The number of aromatic nitrogens is 4. The summed E-state index contributed by atoms with van der Waals surface area (Å²) in [6.07, 6.45) is 2.31. The van der Waals surface area contributed by atoms with E-state index in [0.717, 1.165) is 24.0 Å². The smallest absolute Gasteiger partial charge is 0.246 e. The van der Waals surface area contributed by atoms with Crippen molar-refractivity contribution in [3.63, 3.8) is 0 Å². The molecule has 0 radical (unpaired) electrons. The second-order valence-corrected chi connectivity index (χ2v) is 10.1. The molecule has 0 N–H and O–H groups in total. The first kappa shape index (κ1) is 21.7. The molecule has 9 heteroatoms. The van der Waals surface area contributed by atoms with E-state index in [0.29, 0.717) is 54.1 Å². The third-order valence-corrected chi connectivity index (χ3v) is 8.13. The predicted molar refractivity (Wildman–Crippen MR) is 117 cm³/mol. The molecular formula is C22H29N5O3S. The minimum absolute atomic E-state index is 0.135. The summed E-state index contributed by atoms with van der Waals surface area (Å²) >= 11 is 0. The molecule has 1 saturated heterocycles. The highest BCUT2D eigenvalue weighted by Crippen LogP contribution is 2.29. The number of hydrogen-bond donors (Lipinski definition) is 0. The maximum atomic E-state index is 13.4. The fourth-order valence-corrected chi connectivity index (χ4v) is 6.35. The van der Waals surface area contributed by atoms with Crippen LogP contribution in [-0.4, -0.2) is 45.7 Å². The monoisotopic (exact) mass is 443 g/mol. The molecule has 0 amide bonds. The van der Waals surface area contributed by atoms with Gasteiger partial charge < -0.3 is 4.52 Å². The molecule has 3 aromatic rings. The number of sulfonamides is 1. The lowest BCUT2D eigenvalue weighted by Crippen LogP contribution is -2.40. The van der Waals surface area contributed by atoms with Crippen LogP contribution >= 0.6 is 0 Å². The SMILES string of the molecule is CCn1nc(C)c(S(=O)(=O)N2CCC[C@@H](Cc3nc(-c4ccccc4C)no3)C2)c1C. The van der Waals surface area contributed by atoms with Crippen LogP contribution in [0, 0.1) is 26.7 Å². The molecule has 8 nitrogen and oxygen atoms in total. The van der Waals surface area contributed by atoms with Gasteiger partial charge in [0.1, 0.15) is 4.90 Å². The van der Waals surface area contributed by atoms with Gasteiger partial charge in [-0.3, -0.25) is 4.68 Å². The Bertz CT molecular complexity index is 1180. The van der Waals surface area contributed by atoms with Crippen molar-refractivity contribution in [2.24, 2.45) is 5.92 Å². The van der Waals surface area contributed by atoms with Crippen LogP contribution in [0.5, 0.6) is 0 Å². The Hall–Kier alpha value is -2.52. The van der Waals surface area contributed by atoms with Crippen molar-refractivity contribution in [3.8, 4) is 11.4 Å². The lowest BCUT2D eigenvalue weighted by molar-refractivity contribution is 0.247. The summed E-state index contributed by atoms with van der Waals surface area (Å²) in [6, 6.07) is 7.91. The topological polar surface area (TPSA) is 94.1 Å². The lowest BCUT2D eigenvalue weighted by Gasteiger charge is -2.31. The van der Waals surface area contributed by atoms with Gasteiger partial charge in [0.15, 0.2) is 0 Å². The molecule has 1 atom stereocenters. The van der Waals surface area contributed by atoms with Gasteiger partial charge in [0.2, 0.25) is 21.7 Å². The van der Waals surface area contributed by atoms with Crippen LogP contribution in [0.25, 0.3) is 11.4 Å². The molecule has 1 aliphatic rings. The van der Waals surface area contributed by atoms with E-state index in [1.54, 1.807) is 15.9 Å². The van der Waals surface area contributed by atoms with Gasteiger partial charge in [-0.2, -0.15) is 14.4 Å². The Labute approximate surface area is 183 Å². The Morgan fingerprint density at radius 3 is 2.68 bits per heavy atom. The number of hydrogen-bond acceptors (Lipinski definition) is 6. The first-order valence-corrected chi connectivity index (χ1v) is 12.2. The molecular weight excluding hydrogens is 414 g/mol. The Balaban J connectivity index is 1.51. The molecule has 0 aliphatic carbocycles. The van der Waals surface area contributed by atoms with E-state index in [4.69, 9.17) is 4.52 Å². The molecule has 1 fully saturated rings. The van der Waals surface area contributed by atoms with Gasteiger partial charge in [-0.05, 0) is 52.0 Å². The third kappa shape index (κ3) is 4.16. The van der Waals surface area contributed by atoms with E-state index in [-0.39, 0.29) is 5.92 Å². The normalized spacial score (nSPS) is 17.9. The van der Waals surface area contributed by atoms with Crippen molar-refractivity contribution in [1.82, 2.24) is 24.2 Å². The molecule has 2 aromatic heterocycles. The van der Waals surface area contributed by atoms with Crippen LogP contribution in [0.1, 0.15) is 42.6 Å². The third-order valence-electron chi connectivity index (χ3n) is 6.01. The van der Waals surface area contributed by atoms with Crippen molar-refractivity contribution in [2.75, 3.05) is 13.1 Å². The molecule has 3 heterocycles. The summed E-state index contributed by atoms with van der Waals surface area (Å²) < 4.78 is 35.6. The zero-order chi connectivity index (χ0) is 22.2. The molecule has 0 saturated carbocycles. The van der Waals surface area contributed by atoms with Gasteiger partial charge in [-0.15, -0.1) is 0 Å². The van der Waals surface area contributed by atoms with Crippen molar-refractivity contribution in [3.05, 3.63) is 47.1 Å². The van der Waals surface area contributed by atoms with Gasteiger partial charge in [0.05, 0.1) is 11.4 Å². The molecule has 4 rings (SSSR count). The van der Waals surface area contributed by atoms with Crippen molar-refractivity contribution in [1.29, 1.82) is 0 Å². The van der Waals surface area contributed by atoms with Crippen molar-refractivity contribution in [2.45, 2.75) is 58.4 Å². The second kappa shape index (κ2) is 8.55. The Kier molecular flexibility index (Phi) is 5.98.